The molecule has 21 heavy (non-hydrogen) atoms. The van der Waals surface area contributed by atoms with E-state index in [4.69, 9.17) is 13.9 Å². The van der Waals surface area contributed by atoms with E-state index in [2.05, 4.69) is 6.58 Å². The van der Waals surface area contributed by atoms with Crippen molar-refractivity contribution in [3.05, 3.63) is 12.2 Å². The van der Waals surface area contributed by atoms with Gasteiger partial charge < -0.3 is 14.2 Å². The van der Waals surface area contributed by atoms with Crippen LogP contribution in [0.1, 0.15) is 32.6 Å². The molecule has 0 bridgehead atoms. The lowest BCUT2D eigenvalue weighted by Crippen LogP contribution is -2.35. The highest BCUT2D eigenvalue weighted by atomic mass is 31.2. The molecule has 0 radical (unpaired) electrons. The van der Waals surface area contributed by atoms with E-state index in [1.807, 2.05) is 0 Å². The summed E-state index contributed by atoms with van der Waals surface area (Å²) in [4.78, 5) is 22.5. The predicted molar refractivity (Wildman–Crippen MR) is 76.9 cm³/mol. The Labute approximate surface area is 126 Å². The van der Waals surface area contributed by atoms with Gasteiger partial charge in [-0.05, 0) is 26.2 Å². The molecule has 0 N–H and O–H groups in total. The normalized spacial score (nSPS) is 14.5. The quantitative estimate of drug-likeness (QED) is 0.144. The zero-order chi connectivity index (χ0) is 16.5. The lowest BCUT2D eigenvalue weighted by atomic mass is 10.2. The van der Waals surface area contributed by atoms with Crippen molar-refractivity contribution in [2.75, 3.05) is 34.4 Å². The maximum atomic E-state index is 11.4. The third-order valence-corrected chi connectivity index (χ3v) is 3.40. The molecule has 0 aliphatic rings. The fourth-order valence-electron chi connectivity index (χ4n) is 1.35. The molecule has 0 heterocycles. The van der Waals surface area contributed by atoms with E-state index in [9.17, 15) is 14.3 Å². The average Bonchev–Trinajstić information content (AvgIpc) is 2.28. The van der Waals surface area contributed by atoms with E-state index in [-0.39, 0.29) is 17.2 Å². The maximum Gasteiger partial charge on any atom is 0.333 e. The Morgan fingerprint density at radius 1 is 1.14 bits per heavy atom. The van der Waals surface area contributed by atoms with Crippen molar-refractivity contribution in [2.45, 2.75) is 32.6 Å². The molecule has 0 aromatic rings. The van der Waals surface area contributed by atoms with Gasteiger partial charge in [-0.3, -0.25) is 4.57 Å². The number of phosphoric acid groups is 1. The molecule has 0 aliphatic carbocycles. The second-order valence-electron chi connectivity index (χ2n) is 5.58. The van der Waals surface area contributed by atoms with Crippen molar-refractivity contribution in [3.8, 4) is 0 Å². The van der Waals surface area contributed by atoms with Crippen LogP contribution in [0.4, 0.5) is 0 Å². The van der Waals surface area contributed by atoms with Gasteiger partial charge in [0, 0.05) is 5.57 Å². The molecule has 0 saturated carbocycles. The van der Waals surface area contributed by atoms with Gasteiger partial charge in [-0.2, -0.15) is 4.65 Å². The molecule has 0 spiro atoms. The van der Waals surface area contributed by atoms with Crippen LogP contribution in [0.15, 0.2) is 12.2 Å². The van der Waals surface area contributed by atoms with Gasteiger partial charge in [0.25, 0.3) is 0 Å². The first-order valence-electron chi connectivity index (χ1n) is 6.84. The number of hydrogen-bond acceptors (Lipinski definition) is 6. The molecule has 0 amide bonds. The number of hydrogen-bond donors (Lipinski definition) is 0. The monoisotopic (exact) mass is 323 g/mol. The summed E-state index contributed by atoms with van der Waals surface area (Å²) < 4.78 is 25.7. The van der Waals surface area contributed by atoms with Gasteiger partial charge in [0.1, 0.15) is 0 Å². The maximum absolute atomic E-state index is 11.4. The Morgan fingerprint density at radius 3 is 2.14 bits per heavy atom. The van der Waals surface area contributed by atoms with Crippen LogP contribution in [0, 0.1) is 0 Å². The highest BCUT2D eigenvalue weighted by molar-refractivity contribution is 7.45. The van der Waals surface area contributed by atoms with E-state index in [0.29, 0.717) is 18.6 Å². The molecule has 0 rings (SSSR count). The van der Waals surface area contributed by atoms with Gasteiger partial charge in [-0.25, -0.2) is 4.79 Å². The zero-order valence-corrected chi connectivity index (χ0v) is 14.2. The van der Waals surface area contributed by atoms with Crippen molar-refractivity contribution < 1.29 is 32.8 Å². The molecule has 0 aromatic heterocycles. The summed E-state index contributed by atoms with van der Waals surface area (Å²) in [5, 5.41) is 0. The van der Waals surface area contributed by atoms with E-state index < -0.39 is 7.82 Å². The van der Waals surface area contributed by atoms with E-state index in [1.165, 1.54) is 0 Å². The highest BCUT2D eigenvalue weighted by Crippen LogP contribution is 2.40. The van der Waals surface area contributed by atoms with E-state index in [0.717, 1.165) is 19.3 Å². The summed E-state index contributed by atoms with van der Waals surface area (Å²) in [5.41, 5.74) is 0.381. The standard InChI is InChI=1S/C13H26NO6P/c1-12(2)13(15)18-10-8-6-7-9-11-19-21(16,17)20-14(3,4)5/h1,6-11H2,2-5H3. The van der Waals surface area contributed by atoms with Gasteiger partial charge in [0.05, 0.1) is 34.4 Å². The first kappa shape index (κ1) is 20.3. The lowest BCUT2D eigenvalue weighted by Gasteiger charge is -2.29. The zero-order valence-electron chi connectivity index (χ0n) is 13.3. The summed E-state index contributed by atoms with van der Waals surface area (Å²) in [6.45, 7) is 5.51. The Kier molecular flexibility index (Phi) is 9.01. The molecule has 1 unspecified atom stereocenters. The number of hydroxylamine groups is 3. The number of unbranched alkanes of at least 4 members (excludes halogenated alkanes) is 3. The Bertz CT molecular complexity index is 391. The van der Waals surface area contributed by atoms with Crippen LogP contribution in [-0.4, -0.2) is 45.0 Å². The predicted octanol–water partition coefficient (Wildman–Crippen LogP) is 1.79. The molecule has 0 saturated heterocycles. The summed E-state index contributed by atoms with van der Waals surface area (Å²) >= 11 is 0. The number of quaternary nitrogens is 1. The number of carbonyl (C=O) groups excluding carboxylic acids is 1. The highest BCUT2D eigenvalue weighted by Gasteiger charge is 2.20. The Morgan fingerprint density at radius 2 is 1.67 bits per heavy atom. The third kappa shape index (κ3) is 12.7. The van der Waals surface area contributed by atoms with Crippen LogP contribution in [0.25, 0.3) is 0 Å². The number of esters is 1. The topological polar surface area (TPSA) is 84.9 Å². The summed E-state index contributed by atoms with van der Waals surface area (Å²) in [6.07, 6.45) is 2.94. The lowest BCUT2D eigenvalue weighted by molar-refractivity contribution is -1.04. The van der Waals surface area contributed by atoms with Crippen molar-refractivity contribution in [1.82, 2.24) is 0 Å². The minimum Gasteiger partial charge on any atom is -0.752 e. The number of ether oxygens (including phenoxy) is 1. The van der Waals surface area contributed by atoms with Gasteiger partial charge in [-0.1, -0.05) is 13.0 Å². The first-order valence-corrected chi connectivity index (χ1v) is 8.30. The minimum atomic E-state index is -4.26. The number of nitrogens with zero attached hydrogens (tertiary/aromatic N) is 1. The second-order valence-corrected chi connectivity index (χ2v) is 6.90. The van der Waals surface area contributed by atoms with Gasteiger partial charge in [0.15, 0.2) is 0 Å². The molecule has 1 atom stereocenters. The average molecular weight is 323 g/mol. The summed E-state index contributed by atoms with van der Waals surface area (Å²) in [5.74, 6) is -0.386. The Balaban J connectivity index is 3.58. The largest absolute Gasteiger partial charge is 0.752 e. The van der Waals surface area contributed by atoms with Gasteiger partial charge in [-0.15, -0.1) is 4.62 Å². The molecule has 0 aliphatic heterocycles. The molecule has 0 aromatic carbocycles. The second kappa shape index (κ2) is 9.33. The van der Waals surface area contributed by atoms with Gasteiger partial charge in [0.2, 0.25) is 0 Å². The Hall–Kier alpha value is -0.720. The van der Waals surface area contributed by atoms with Crippen LogP contribution in [0.3, 0.4) is 0 Å². The van der Waals surface area contributed by atoms with Crippen LogP contribution in [0.2, 0.25) is 0 Å². The number of rotatable bonds is 11. The fraction of sp³-hybridized carbons (Fsp3) is 0.769. The molecular weight excluding hydrogens is 297 g/mol. The third-order valence-electron chi connectivity index (χ3n) is 2.21. The van der Waals surface area contributed by atoms with Crippen LogP contribution in [-0.2, 0) is 23.2 Å². The molecule has 7 nitrogen and oxygen atoms in total. The fourth-order valence-corrected chi connectivity index (χ4v) is 2.35. The number of carbonyl (C=O) groups is 1. The van der Waals surface area contributed by atoms with Crippen LogP contribution < -0.4 is 4.89 Å². The minimum absolute atomic E-state index is 0.0896. The molecular formula is C13H26NO6P. The van der Waals surface area contributed by atoms with Gasteiger partial charge >= 0.3 is 13.8 Å². The van der Waals surface area contributed by atoms with Crippen molar-refractivity contribution in [1.29, 1.82) is 0 Å². The summed E-state index contributed by atoms with van der Waals surface area (Å²) in [6, 6.07) is 0. The summed E-state index contributed by atoms with van der Waals surface area (Å²) in [7, 11) is 0.494. The van der Waals surface area contributed by atoms with E-state index in [1.54, 1.807) is 28.1 Å². The molecule has 0 fully saturated rings. The van der Waals surface area contributed by atoms with Crippen LogP contribution >= 0.6 is 7.82 Å². The number of phosphoric ester groups is 1. The first-order chi connectivity index (χ1) is 9.53. The van der Waals surface area contributed by atoms with Crippen LogP contribution in [0.5, 0.6) is 0 Å². The molecule has 124 valence electrons. The van der Waals surface area contributed by atoms with Crippen molar-refractivity contribution in [3.63, 3.8) is 0 Å². The van der Waals surface area contributed by atoms with Crippen molar-refractivity contribution >= 4 is 13.8 Å². The SMILES string of the molecule is C=C(C)C(=O)OCCCCCCOP(=O)([O-])O[N+](C)(C)C. The smallest absolute Gasteiger partial charge is 0.333 e. The van der Waals surface area contributed by atoms with E-state index >= 15 is 0 Å². The molecule has 8 heteroatoms. The van der Waals surface area contributed by atoms with Crippen molar-refractivity contribution in [2.24, 2.45) is 0 Å².